The molecule has 1 unspecified atom stereocenters. The number of likely N-dealkylation sites (tertiary alicyclic amines) is 1. The molecule has 1 fully saturated rings. The molecule has 2 heterocycles. The molecule has 1 saturated heterocycles. The number of hydrogen-bond acceptors (Lipinski definition) is 3. The highest BCUT2D eigenvalue weighted by Gasteiger charge is 2.21. The molecule has 0 radical (unpaired) electrons. The maximum absolute atomic E-state index is 11.0. The first-order chi connectivity index (χ1) is 13.0. The topological polar surface area (TPSA) is 51.3 Å². The van der Waals surface area contributed by atoms with Crippen molar-refractivity contribution in [3.8, 4) is 11.3 Å². The summed E-state index contributed by atoms with van der Waals surface area (Å²) in [4.78, 5) is 13.1. The van der Waals surface area contributed by atoms with Gasteiger partial charge in [0, 0.05) is 45.8 Å². The van der Waals surface area contributed by atoms with Crippen LogP contribution in [0.4, 0.5) is 5.69 Å². The minimum Gasteiger partial charge on any atom is -0.340 e. The van der Waals surface area contributed by atoms with Crippen molar-refractivity contribution in [1.82, 2.24) is 9.47 Å². The van der Waals surface area contributed by atoms with Gasteiger partial charge in [-0.3, -0.25) is 10.1 Å². The maximum Gasteiger partial charge on any atom is 0.269 e. The number of fused-ring (bicyclic) bond motifs is 1. The number of aromatic nitrogens is 1. The van der Waals surface area contributed by atoms with Crippen LogP contribution in [0.1, 0.15) is 19.3 Å². The van der Waals surface area contributed by atoms with Crippen molar-refractivity contribution in [3.63, 3.8) is 0 Å². The lowest BCUT2D eigenvalue weighted by molar-refractivity contribution is -0.384. The summed E-state index contributed by atoms with van der Waals surface area (Å²) in [6.07, 6.45) is 3.64. The highest BCUT2D eigenvalue weighted by atomic mass is 79.9. The van der Waals surface area contributed by atoms with E-state index in [1.165, 1.54) is 30.3 Å². The minimum absolute atomic E-state index is 0.122. The van der Waals surface area contributed by atoms with Crippen molar-refractivity contribution in [2.24, 2.45) is 0 Å². The summed E-state index contributed by atoms with van der Waals surface area (Å²) in [5.41, 5.74) is 3.44. The van der Waals surface area contributed by atoms with Gasteiger partial charge in [-0.1, -0.05) is 15.9 Å². The Balaban J connectivity index is 1.72. The number of non-ortho nitro benzene ring substituents is 1. The van der Waals surface area contributed by atoms with Crippen molar-refractivity contribution in [3.05, 3.63) is 63.1 Å². The third-order valence-electron chi connectivity index (χ3n) is 5.59. The number of rotatable bonds is 5. The first-order valence-electron chi connectivity index (χ1n) is 9.27. The first kappa shape index (κ1) is 18.2. The van der Waals surface area contributed by atoms with Crippen LogP contribution < -0.4 is 0 Å². The van der Waals surface area contributed by atoms with Gasteiger partial charge in [-0.15, -0.1) is 0 Å². The molecule has 27 heavy (non-hydrogen) atoms. The van der Waals surface area contributed by atoms with E-state index in [1.54, 1.807) is 12.1 Å². The van der Waals surface area contributed by atoms with Gasteiger partial charge in [0.25, 0.3) is 5.69 Å². The summed E-state index contributed by atoms with van der Waals surface area (Å²) in [5.74, 6) is 0. The van der Waals surface area contributed by atoms with E-state index < -0.39 is 0 Å². The molecule has 0 amide bonds. The van der Waals surface area contributed by atoms with E-state index in [4.69, 9.17) is 0 Å². The van der Waals surface area contributed by atoms with Gasteiger partial charge in [0.15, 0.2) is 0 Å². The highest BCUT2D eigenvalue weighted by molar-refractivity contribution is 9.10. The van der Waals surface area contributed by atoms with Gasteiger partial charge in [0.2, 0.25) is 0 Å². The maximum atomic E-state index is 11.0. The molecule has 0 bridgehead atoms. The van der Waals surface area contributed by atoms with Crippen molar-refractivity contribution in [2.75, 3.05) is 13.6 Å². The van der Waals surface area contributed by atoms with E-state index in [9.17, 15) is 10.1 Å². The number of halogens is 1. The number of aryl methyl sites for hydroxylation is 1. The second-order valence-electron chi connectivity index (χ2n) is 7.25. The summed E-state index contributed by atoms with van der Waals surface area (Å²) >= 11 is 3.56. The molecule has 0 N–H and O–H groups in total. The number of nitro groups is 1. The van der Waals surface area contributed by atoms with Gasteiger partial charge in [-0.05, 0) is 74.8 Å². The lowest BCUT2D eigenvalue weighted by atomic mass is 10.1. The molecule has 1 aromatic heterocycles. The zero-order chi connectivity index (χ0) is 19.0. The fourth-order valence-corrected chi connectivity index (χ4v) is 4.48. The SMILES string of the molecule is CN1CCCC1CCn1c(-c2ccc([N+](=O)[O-])cc2)cc2cc(Br)ccc21. The van der Waals surface area contributed by atoms with E-state index in [-0.39, 0.29) is 10.6 Å². The van der Waals surface area contributed by atoms with Crippen LogP contribution in [0.2, 0.25) is 0 Å². The smallest absolute Gasteiger partial charge is 0.269 e. The van der Waals surface area contributed by atoms with E-state index in [0.717, 1.165) is 28.7 Å². The fourth-order valence-electron chi connectivity index (χ4n) is 4.10. The Morgan fingerprint density at radius 3 is 2.63 bits per heavy atom. The molecular formula is C21H22BrN3O2. The monoisotopic (exact) mass is 427 g/mol. The Hall–Kier alpha value is -2.18. The molecule has 1 aliphatic rings. The highest BCUT2D eigenvalue weighted by Crippen LogP contribution is 2.32. The predicted molar refractivity (Wildman–Crippen MR) is 112 cm³/mol. The normalized spacial score (nSPS) is 17.6. The molecule has 0 aliphatic carbocycles. The van der Waals surface area contributed by atoms with Crippen molar-refractivity contribution < 1.29 is 4.92 Å². The molecule has 3 aromatic rings. The van der Waals surface area contributed by atoms with Gasteiger partial charge in [-0.2, -0.15) is 0 Å². The van der Waals surface area contributed by atoms with Gasteiger partial charge < -0.3 is 9.47 Å². The number of benzene rings is 2. The second-order valence-corrected chi connectivity index (χ2v) is 8.17. The van der Waals surface area contributed by atoms with Crippen LogP contribution in [-0.4, -0.2) is 34.0 Å². The van der Waals surface area contributed by atoms with Gasteiger partial charge >= 0.3 is 0 Å². The molecule has 5 nitrogen and oxygen atoms in total. The van der Waals surface area contributed by atoms with E-state index in [2.05, 4.69) is 56.7 Å². The Morgan fingerprint density at radius 1 is 1.19 bits per heavy atom. The predicted octanol–water partition coefficient (Wildman–Crippen LogP) is 5.46. The molecule has 0 saturated carbocycles. The molecule has 6 heteroatoms. The van der Waals surface area contributed by atoms with Crippen molar-refractivity contribution in [2.45, 2.75) is 31.8 Å². The van der Waals surface area contributed by atoms with Crippen LogP contribution in [0.15, 0.2) is 53.0 Å². The quantitative estimate of drug-likeness (QED) is 0.400. The summed E-state index contributed by atoms with van der Waals surface area (Å²) < 4.78 is 3.41. The van der Waals surface area contributed by atoms with Gasteiger partial charge in [-0.25, -0.2) is 0 Å². The Labute approximate surface area is 166 Å². The zero-order valence-electron chi connectivity index (χ0n) is 15.3. The van der Waals surface area contributed by atoms with Gasteiger partial charge in [0.1, 0.15) is 0 Å². The van der Waals surface area contributed by atoms with Crippen LogP contribution in [0, 0.1) is 10.1 Å². The standard InChI is InChI=1S/C21H22BrN3O2/c1-23-11-2-3-18(23)10-12-24-20-9-6-17(22)13-16(20)14-21(24)15-4-7-19(8-5-15)25(26)27/h4-9,13-14,18H,2-3,10-12H2,1H3. The summed E-state index contributed by atoms with van der Waals surface area (Å²) in [6, 6.07) is 16.0. The van der Waals surface area contributed by atoms with Crippen LogP contribution in [0.3, 0.4) is 0 Å². The Bertz CT molecular complexity index is 981. The molecule has 140 valence electrons. The second kappa shape index (κ2) is 7.44. The summed E-state index contributed by atoms with van der Waals surface area (Å²) in [5, 5.41) is 12.1. The average Bonchev–Trinajstić information content (AvgIpc) is 3.22. The average molecular weight is 428 g/mol. The first-order valence-corrected chi connectivity index (χ1v) is 10.1. The molecule has 2 aromatic carbocycles. The number of nitro benzene ring substituents is 1. The summed E-state index contributed by atoms with van der Waals surface area (Å²) in [6.45, 7) is 2.12. The van der Waals surface area contributed by atoms with Crippen LogP contribution >= 0.6 is 15.9 Å². The van der Waals surface area contributed by atoms with Crippen molar-refractivity contribution in [1.29, 1.82) is 0 Å². The molecular weight excluding hydrogens is 406 g/mol. The lowest BCUT2D eigenvalue weighted by Gasteiger charge is -2.20. The minimum atomic E-state index is -0.355. The largest absolute Gasteiger partial charge is 0.340 e. The number of hydrogen-bond donors (Lipinski definition) is 0. The molecule has 1 atom stereocenters. The fraction of sp³-hybridized carbons (Fsp3) is 0.333. The third kappa shape index (κ3) is 3.64. The zero-order valence-corrected chi connectivity index (χ0v) is 16.9. The number of nitrogens with zero attached hydrogens (tertiary/aromatic N) is 3. The van der Waals surface area contributed by atoms with E-state index >= 15 is 0 Å². The van der Waals surface area contributed by atoms with Crippen LogP contribution in [-0.2, 0) is 6.54 Å². The lowest BCUT2D eigenvalue weighted by Crippen LogP contribution is -2.26. The molecule has 0 spiro atoms. The van der Waals surface area contributed by atoms with E-state index in [0.29, 0.717) is 6.04 Å². The van der Waals surface area contributed by atoms with Gasteiger partial charge in [0.05, 0.1) is 4.92 Å². The third-order valence-corrected chi connectivity index (χ3v) is 6.09. The molecule has 1 aliphatic heterocycles. The Kier molecular flexibility index (Phi) is 5.02. The van der Waals surface area contributed by atoms with Crippen LogP contribution in [0.25, 0.3) is 22.2 Å². The van der Waals surface area contributed by atoms with Crippen LogP contribution in [0.5, 0.6) is 0 Å². The Morgan fingerprint density at radius 2 is 1.96 bits per heavy atom. The van der Waals surface area contributed by atoms with Crippen molar-refractivity contribution >= 4 is 32.5 Å². The summed E-state index contributed by atoms with van der Waals surface area (Å²) in [7, 11) is 2.21. The molecule has 4 rings (SSSR count). The van der Waals surface area contributed by atoms with E-state index in [1.807, 2.05) is 12.1 Å².